The van der Waals surface area contributed by atoms with E-state index in [1.54, 1.807) is 0 Å². The van der Waals surface area contributed by atoms with Gasteiger partial charge in [-0.3, -0.25) is 0 Å². The molecule has 0 bridgehead atoms. The van der Waals surface area contributed by atoms with Crippen molar-refractivity contribution in [3.8, 4) is 11.1 Å². The van der Waals surface area contributed by atoms with E-state index in [1.807, 2.05) is 0 Å². The Kier molecular flexibility index (Phi) is 12.6. The summed E-state index contributed by atoms with van der Waals surface area (Å²) >= 11 is 0. The van der Waals surface area contributed by atoms with E-state index < -0.39 is 0 Å². The van der Waals surface area contributed by atoms with Crippen molar-refractivity contribution in [3.05, 3.63) is 70.8 Å². The number of hydrogen-bond donors (Lipinski definition) is 1. The third-order valence-electron chi connectivity index (χ3n) is 8.54. The molecule has 0 heterocycles. The Morgan fingerprint density at radius 1 is 0.947 bits per heavy atom. The molecule has 0 unspecified atom stereocenters. The number of hydrogen-bond acceptors (Lipinski definition) is 3. The third-order valence-corrected chi connectivity index (χ3v) is 8.54. The number of ether oxygens (including phenoxy) is 1. The average molecular weight is 519 g/mol. The van der Waals surface area contributed by atoms with Crippen LogP contribution in [0.4, 0.5) is 0 Å². The Morgan fingerprint density at radius 3 is 2.34 bits per heavy atom. The molecule has 3 nitrogen and oxygen atoms in total. The Morgan fingerprint density at radius 2 is 1.68 bits per heavy atom. The van der Waals surface area contributed by atoms with Crippen LogP contribution in [0.15, 0.2) is 43.0 Å². The quantitative estimate of drug-likeness (QED) is 0.146. The second-order valence-corrected chi connectivity index (χ2v) is 11.1. The van der Waals surface area contributed by atoms with Gasteiger partial charge < -0.3 is 9.84 Å². The number of carbonyl (C=O) groups is 1. The molecule has 0 aliphatic heterocycles. The Hall–Kier alpha value is -2.39. The number of aliphatic hydroxyl groups is 1. The fourth-order valence-electron chi connectivity index (χ4n) is 6.30. The van der Waals surface area contributed by atoms with Crippen LogP contribution in [0.1, 0.15) is 112 Å². The van der Waals surface area contributed by atoms with Crippen LogP contribution >= 0.6 is 0 Å². The molecule has 2 aromatic carbocycles. The molecule has 0 saturated heterocycles. The van der Waals surface area contributed by atoms with Crippen LogP contribution in [0.25, 0.3) is 11.1 Å². The van der Waals surface area contributed by atoms with Gasteiger partial charge in [0.05, 0.1) is 6.61 Å². The van der Waals surface area contributed by atoms with Gasteiger partial charge in [-0.25, -0.2) is 4.79 Å². The number of benzene rings is 2. The summed E-state index contributed by atoms with van der Waals surface area (Å²) in [6.45, 7) is 10.8. The lowest BCUT2D eigenvalue weighted by atomic mass is 9.76. The zero-order chi connectivity index (χ0) is 27.3. The van der Waals surface area contributed by atoms with Crippen molar-refractivity contribution in [1.82, 2.24) is 0 Å². The van der Waals surface area contributed by atoms with Crippen molar-refractivity contribution in [2.45, 2.75) is 110 Å². The van der Waals surface area contributed by atoms with E-state index in [0.717, 1.165) is 31.6 Å². The molecule has 0 aromatic heterocycles. The molecule has 2 aromatic rings. The maximum atomic E-state index is 11.6. The van der Waals surface area contributed by atoms with Crippen molar-refractivity contribution >= 4 is 5.97 Å². The van der Waals surface area contributed by atoms with E-state index in [-0.39, 0.29) is 12.6 Å². The fraction of sp³-hybridized carbons (Fsp3) is 0.571. The first-order chi connectivity index (χ1) is 18.5. The molecule has 0 radical (unpaired) electrons. The predicted octanol–water partition coefficient (Wildman–Crippen LogP) is 8.53. The van der Waals surface area contributed by atoms with Crippen molar-refractivity contribution in [1.29, 1.82) is 0 Å². The first-order valence-electron chi connectivity index (χ1n) is 15.2. The predicted molar refractivity (Wildman–Crippen MR) is 160 cm³/mol. The van der Waals surface area contributed by atoms with Gasteiger partial charge >= 0.3 is 5.97 Å². The first kappa shape index (κ1) is 30.2. The molecule has 1 aliphatic carbocycles. The number of aryl methyl sites for hydroxylation is 2. The van der Waals surface area contributed by atoms with Crippen LogP contribution in [0.5, 0.6) is 0 Å². The summed E-state index contributed by atoms with van der Waals surface area (Å²) in [5.74, 6) is 1.25. The lowest BCUT2D eigenvalue weighted by Crippen LogP contribution is -2.13. The van der Waals surface area contributed by atoms with E-state index >= 15 is 0 Å². The van der Waals surface area contributed by atoms with Crippen LogP contribution < -0.4 is 0 Å². The van der Waals surface area contributed by atoms with Crippen molar-refractivity contribution in [3.63, 3.8) is 0 Å². The Labute approximate surface area is 231 Å². The summed E-state index contributed by atoms with van der Waals surface area (Å²) in [5, 5.41) is 9.48. The summed E-state index contributed by atoms with van der Waals surface area (Å²) < 4.78 is 5.33. The monoisotopic (exact) mass is 518 g/mol. The van der Waals surface area contributed by atoms with E-state index in [1.165, 1.54) is 96.4 Å². The lowest BCUT2D eigenvalue weighted by Gasteiger charge is -2.29. The number of unbranched alkanes of at least 4 members (excludes halogenated alkanes) is 2. The first-order valence-corrected chi connectivity index (χ1v) is 15.2. The molecule has 0 atom stereocenters. The van der Waals surface area contributed by atoms with Crippen molar-refractivity contribution in [2.75, 3.05) is 13.2 Å². The van der Waals surface area contributed by atoms with Crippen LogP contribution in [-0.4, -0.2) is 24.3 Å². The van der Waals surface area contributed by atoms with Gasteiger partial charge in [0.25, 0.3) is 0 Å². The standard InChI is InChI=1S/C35H50O3/c1-5-9-10-12-26-14-16-29(17-15-26)30-18-19-34(27(6-2)23-30)32-24-28(7-3)33(13-11-21-36)31(25-32)20-22-38-35(37)8-4/h8,18-19,23-26,29,36H,4-7,9-17,20-22H2,1-3H3. The fourth-order valence-corrected chi connectivity index (χ4v) is 6.30. The Bertz CT molecular complexity index is 1030. The van der Waals surface area contributed by atoms with Crippen LogP contribution in [-0.2, 0) is 35.2 Å². The number of rotatable bonds is 15. The largest absolute Gasteiger partial charge is 0.462 e. The maximum absolute atomic E-state index is 11.6. The van der Waals surface area contributed by atoms with Gasteiger partial charge in [-0.15, -0.1) is 0 Å². The zero-order valence-corrected chi connectivity index (χ0v) is 24.2. The van der Waals surface area contributed by atoms with Gasteiger partial charge in [-0.2, -0.15) is 0 Å². The lowest BCUT2D eigenvalue weighted by molar-refractivity contribution is -0.137. The van der Waals surface area contributed by atoms with Gasteiger partial charge in [0.1, 0.15) is 0 Å². The second kappa shape index (κ2) is 15.9. The van der Waals surface area contributed by atoms with Gasteiger partial charge in [0.2, 0.25) is 0 Å². The minimum absolute atomic E-state index is 0.178. The molecule has 3 heteroatoms. The van der Waals surface area contributed by atoms with Crippen LogP contribution in [0, 0.1) is 5.92 Å². The molecule has 1 aliphatic rings. The molecule has 1 N–H and O–H groups in total. The topological polar surface area (TPSA) is 46.5 Å². The number of aliphatic hydroxyl groups excluding tert-OH is 1. The number of carbonyl (C=O) groups excluding carboxylic acids is 1. The molecule has 0 spiro atoms. The highest BCUT2D eigenvalue weighted by molar-refractivity contribution is 5.81. The number of esters is 1. The molecule has 208 valence electrons. The summed E-state index contributed by atoms with van der Waals surface area (Å²) in [7, 11) is 0. The van der Waals surface area contributed by atoms with Crippen molar-refractivity contribution < 1.29 is 14.6 Å². The third kappa shape index (κ3) is 8.30. The van der Waals surface area contributed by atoms with Crippen molar-refractivity contribution in [2.24, 2.45) is 5.92 Å². The highest BCUT2D eigenvalue weighted by Crippen LogP contribution is 2.39. The summed E-state index contributed by atoms with van der Waals surface area (Å²) in [5.41, 5.74) is 9.35. The van der Waals surface area contributed by atoms with E-state index in [4.69, 9.17) is 4.74 Å². The van der Waals surface area contributed by atoms with Crippen LogP contribution in [0.2, 0.25) is 0 Å². The molecular weight excluding hydrogens is 468 g/mol. The minimum Gasteiger partial charge on any atom is -0.462 e. The molecular formula is C35H50O3. The minimum atomic E-state index is -0.382. The molecule has 0 amide bonds. The normalized spacial score (nSPS) is 17.4. The smallest absolute Gasteiger partial charge is 0.330 e. The Balaban J connectivity index is 1.84. The zero-order valence-electron chi connectivity index (χ0n) is 24.2. The summed E-state index contributed by atoms with van der Waals surface area (Å²) in [6, 6.07) is 11.9. The van der Waals surface area contributed by atoms with E-state index in [9.17, 15) is 9.90 Å². The molecule has 38 heavy (non-hydrogen) atoms. The summed E-state index contributed by atoms with van der Waals surface area (Å²) in [4.78, 5) is 11.6. The second-order valence-electron chi connectivity index (χ2n) is 11.1. The maximum Gasteiger partial charge on any atom is 0.330 e. The van der Waals surface area contributed by atoms with E-state index in [2.05, 4.69) is 57.7 Å². The van der Waals surface area contributed by atoms with Crippen LogP contribution in [0.3, 0.4) is 0 Å². The van der Waals surface area contributed by atoms with E-state index in [0.29, 0.717) is 18.9 Å². The highest BCUT2D eigenvalue weighted by Gasteiger charge is 2.23. The molecule has 3 rings (SSSR count). The van der Waals surface area contributed by atoms with Gasteiger partial charge in [0, 0.05) is 19.1 Å². The van der Waals surface area contributed by atoms with Gasteiger partial charge in [-0.05, 0) is 102 Å². The van der Waals surface area contributed by atoms with Gasteiger partial charge in [-0.1, -0.05) is 83.4 Å². The van der Waals surface area contributed by atoms with Gasteiger partial charge in [0.15, 0.2) is 0 Å². The summed E-state index contributed by atoms with van der Waals surface area (Å²) in [6.07, 6.45) is 16.3. The highest BCUT2D eigenvalue weighted by atomic mass is 16.5. The SMILES string of the molecule is C=CC(=O)OCCc1cc(-c2ccc(C3CCC(CCCCC)CC3)cc2CC)cc(CC)c1CCCO. The average Bonchev–Trinajstić information content (AvgIpc) is 2.96. The molecule has 1 saturated carbocycles. The molecule has 1 fully saturated rings.